The second-order valence-electron chi connectivity index (χ2n) is 9.75. The van der Waals surface area contributed by atoms with Gasteiger partial charge in [0, 0.05) is 28.9 Å². The van der Waals surface area contributed by atoms with Crippen LogP contribution in [-0.2, 0) is 0 Å². The maximum absolute atomic E-state index is 12.0. The molecule has 0 aliphatic heterocycles. The number of rotatable bonds is 6. The Kier molecular flexibility index (Phi) is 20.6. The van der Waals surface area contributed by atoms with Crippen LogP contribution >= 0.6 is 24.4 Å². The molecule has 0 fully saturated rings. The van der Waals surface area contributed by atoms with Crippen molar-refractivity contribution < 1.29 is 33.8 Å². The Hall–Kier alpha value is -5.83. The van der Waals surface area contributed by atoms with Crippen molar-refractivity contribution in [1.29, 1.82) is 0 Å². The van der Waals surface area contributed by atoms with E-state index >= 15 is 0 Å². The number of amides is 4. The summed E-state index contributed by atoms with van der Waals surface area (Å²) in [6.45, 7) is 5.63. The second-order valence-corrected chi connectivity index (χ2v) is 10.3. The molecule has 0 bridgehead atoms. The van der Waals surface area contributed by atoms with Gasteiger partial charge < -0.3 is 14.6 Å². The van der Waals surface area contributed by atoms with E-state index in [-0.39, 0.29) is 29.4 Å². The first kappa shape index (κ1) is 43.2. The standard InChI is InChI=1S/C17H17N3O3S.C9H7NO2S.C8H10N2O.C2H6O/c1-11-5-3-4-6-14(11)16(22)19-20-17(24)18-15(21)12-7-9-13(23-2)10-8-12;1-12-8-4-2-7(3-5-8)9(11)10-6-13;1-6-4-2-3-5-7(6)8(11)10-9;1-2-3/h3-10H,1-2H3,(H,19,22)(H2,18,20,21,24);2-5H,1H3;2-5H,9H2,1H3,(H,10,11);3H,2H2,1H3. The first-order valence-corrected chi connectivity index (χ1v) is 15.8. The number of nitrogens with zero attached hydrogens (tertiary/aromatic N) is 1. The van der Waals surface area contributed by atoms with E-state index in [2.05, 4.69) is 38.8 Å². The first-order chi connectivity index (χ1) is 24.4. The summed E-state index contributed by atoms with van der Waals surface area (Å²) >= 11 is 9.31. The number of aliphatic hydroxyl groups is 1. The smallest absolute Gasteiger partial charge is 0.285 e. The van der Waals surface area contributed by atoms with Gasteiger partial charge in [-0.15, -0.1) is 0 Å². The highest BCUT2D eigenvalue weighted by Gasteiger charge is 2.11. The lowest BCUT2D eigenvalue weighted by Gasteiger charge is -2.12. The van der Waals surface area contributed by atoms with E-state index in [0.717, 1.165) is 11.1 Å². The Labute approximate surface area is 307 Å². The molecule has 7 N–H and O–H groups in total. The zero-order chi connectivity index (χ0) is 38.2. The summed E-state index contributed by atoms with van der Waals surface area (Å²) < 4.78 is 9.96. The molecule has 4 aromatic carbocycles. The highest BCUT2D eigenvalue weighted by atomic mass is 32.1. The fraction of sp³-hybridized carbons (Fsp3) is 0.167. The molecule has 4 aromatic rings. The van der Waals surface area contributed by atoms with Crippen LogP contribution in [0.3, 0.4) is 0 Å². The summed E-state index contributed by atoms with van der Waals surface area (Å²) in [6, 6.07) is 27.6. The SMILES string of the molecule is CCO.COc1ccc(C(=O)N=C=S)cc1.COc1ccc(C(=O)NC(=S)NNC(=O)c2ccccc2C)cc1.Cc1ccccc1C(=O)NN. The number of aliphatic hydroxyl groups excluding tert-OH is 1. The third-order valence-electron chi connectivity index (χ3n) is 6.26. The van der Waals surface area contributed by atoms with Crippen molar-refractivity contribution >= 4 is 58.3 Å². The van der Waals surface area contributed by atoms with Crippen molar-refractivity contribution in [3.05, 3.63) is 130 Å². The molecule has 0 saturated carbocycles. The number of aliphatic imine (C=N–C) groups is 1. The number of hydrazine groups is 2. The highest BCUT2D eigenvalue weighted by Crippen LogP contribution is 2.12. The molecule has 0 saturated heterocycles. The Morgan fingerprint density at radius 2 is 1.16 bits per heavy atom. The minimum Gasteiger partial charge on any atom is -0.497 e. The minimum absolute atomic E-state index is 0.00208. The van der Waals surface area contributed by atoms with Crippen molar-refractivity contribution in [2.45, 2.75) is 20.8 Å². The largest absolute Gasteiger partial charge is 0.497 e. The fourth-order valence-corrected chi connectivity index (χ4v) is 3.93. The zero-order valence-electron chi connectivity index (χ0n) is 28.7. The van der Waals surface area contributed by atoms with Gasteiger partial charge in [0.15, 0.2) is 5.11 Å². The van der Waals surface area contributed by atoms with Gasteiger partial charge in [-0.3, -0.25) is 40.8 Å². The normalized spacial score (nSPS) is 9.16. The summed E-state index contributed by atoms with van der Waals surface area (Å²) in [5.41, 5.74) is 10.8. The number of hydrogen-bond acceptors (Lipinski definition) is 10. The topological polar surface area (TPSA) is 193 Å². The van der Waals surface area contributed by atoms with Crippen LogP contribution in [0.1, 0.15) is 59.5 Å². The number of carbonyl (C=O) groups is 4. The van der Waals surface area contributed by atoms with E-state index in [1.807, 2.05) is 43.3 Å². The maximum atomic E-state index is 12.0. The summed E-state index contributed by atoms with van der Waals surface area (Å²) in [6.07, 6.45) is 0. The molecule has 0 aromatic heterocycles. The van der Waals surface area contributed by atoms with Gasteiger partial charge in [0.1, 0.15) is 11.5 Å². The van der Waals surface area contributed by atoms with Gasteiger partial charge in [0.05, 0.1) is 19.4 Å². The first-order valence-electron chi connectivity index (χ1n) is 15.0. The molecule has 13 nitrogen and oxygen atoms in total. The average Bonchev–Trinajstić information content (AvgIpc) is 3.15. The number of methoxy groups -OCH3 is 2. The van der Waals surface area contributed by atoms with Gasteiger partial charge in [-0.2, -0.15) is 4.99 Å². The number of thiocarbonyl (C=S) groups is 2. The Morgan fingerprint density at radius 3 is 1.57 bits per heavy atom. The molecular formula is C36H40N6O7S2. The van der Waals surface area contributed by atoms with Crippen LogP contribution in [0.4, 0.5) is 0 Å². The fourth-order valence-electron chi connectivity index (χ4n) is 3.70. The van der Waals surface area contributed by atoms with Crippen molar-refractivity contribution in [3.63, 3.8) is 0 Å². The van der Waals surface area contributed by atoms with E-state index in [0.29, 0.717) is 33.8 Å². The molecule has 0 atom stereocenters. The predicted octanol–water partition coefficient (Wildman–Crippen LogP) is 4.49. The number of nitrogens with one attached hydrogen (secondary N) is 4. The van der Waals surface area contributed by atoms with Crippen molar-refractivity contribution in [2.24, 2.45) is 10.8 Å². The monoisotopic (exact) mass is 732 g/mol. The molecule has 4 rings (SSSR count). The van der Waals surface area contributed by atoms with E-state index in [1.54, 1.807) is 93.9 Å². The van der Waals surface area contributed by atoms with Crippen LogP contribution in [-0.4, -0.2) is 59.8 Å². The molecule has 0 spiro atoms. The summed E-state index contributed by atoms with van der Waals surface area (Å²) in [5, 5.41) is 12.1. The van der Waals surface area contributed by atoms with Crippen LogP contribution in [0.5, 0.6) is 11.5 Å². The number of hydrogen-bond donors (Lipinski definition) is 6. The van der Waals surface area contributed by atoms with Gasteiger partial charge in [0.2, 0.25) is 0 Å². The van der Waals surface area contributed by atoms with E-state index < -0.39 is 5.91 Å². The number of aryl methyl sites for hydroxylation is 2. The highest BCUT2D eigenvalue weighted by molar-refractivity contribution is 7.80. The number of nitrogen functional groups attached to an aromatic ring is 1. The van der Waals surface area contributed by atoms with E-state index in [4.69, 9.17) is 32.6 Å². The number of carbonyl (C=O) groups excluding carboxylic acids is 4. The van der Waals surface area contributed by atoms with Crippen molar-refractivity contribution in [2.75, 3.05) is 20.8 Å². The Bertz CT molecular complexity index is 1800. The van der Waals surface area contributed by atoms with Crippen LogP contribution in [0, 0.1) is 13.8 Å². The van der Waals surface area contributed by atoms with Gasteiger partial charge in [-0.1, -0.05) is 36.4 Å². The predicted molar refractivity (Wildman–Crippen MR) is 203 cm³/mol. The van der Waals surface area contributed by atoms with Crippen LogP contribution in [0.2, 0.25) is 0 Å². The Morgan fingerprint density at radius 1 is 0.725 bits per heavy atom. The molecule has 0 radical (unpaired) electrons. The average molecular weight is 733 g/mol. The lowest BCUT2D eigenvalue weighted by atomic mass is 10.1. The molecular weight excluding hydrogens is 693 g/mol. The second kappa shape index (κ2) is 24.3. The van der Waals surface area contributed by atoms with Crippen molar-refractivity contribution in [3.8, 4) is 11.5 Å². The quantitative estimate of drug-likeness (QED) is 0.0538. The number of isothiocyanates is 1. The van der Waals surface area contributed by atoms with Gasteiger partial charge >= 0.3 is 0 Å². The lowest BCUT2D eigenvalue weighted by molar-refractivity contribution is 0.0933. The molecule has 0 aliphatic rings. The molecule has 0 heterocycles. The van der Waals surface area contributed by atoms with Crippen molar-refractivity contribution in [1.82, 2.24) is 21.6 Å². The van der Waals surface area contributed by atoms with E-state index in [1.165, 1.54) is 0 Å². The molecule has 0 unspecified atom stereocenters. The number of ether oxygens (including phenoxy) is 2. The molecule has 51 heavy (non-hydrogen) atoms. The molecule has 15 heteroatoms. The van der Waals surface area contributed by atoms with E-state index in [9.17, 15) is 19.2 Å². The summed E-state index contributed by atoms with van der Waals surface area (Å²) in [4.78, 5) is 49.5. The maximum Gasteiger partial charge on any atom is 0.285 e. The Balaban J connectivity index is 0.000000404. The minimum atomic E-state index is -0.391. The molecule has 268 valence electrons. The van der Waals surface area contributed by atoms with Gasteiger partial charge in [-0.05, 0) is 117 Å². The summed E-state index contributed by atoms with van der Waals surface area (Å²) in [5.74, 6) is 4.96. The van der Waals surface area contributed by atoms with Crippen LogP contribution < -0.4 is 36.9 Å². The summed E-state index contributed by atoms with van der Waals surface area (Å²) in [7, 11) is 3.11. The van der Waals surface area contributed by atoms with Gasteiger partial charge in [-0.25, -0.2) is 5.84 Å². The number of benzene rings is 4. The van der Waals surface area contributed by atoms with Crippen LogP contribution in [0.15, 0.2) is 102 Å². The lowest BCUT2D eigenvalue weighted by Crippen LogP contribution is -2.48. The third kappa shape index (κ3) is 16.0. The number of nitrogens with two attached hydrogens (primary N) is 1. The molecule has 4 amide bonds. The third-order valence-corrected chi connectivity index (χ3v) is 6.56. The van der Waals surface area contributed by atoms with Crippen LogP contribution in [0.25, 0.3) is 0 Å². The molecule has 0 aliphatic carbocycles. The zero-order valence-corrected chi connectivity index (χ0v) is 30.3. The van der Waals surface area contributed by atoms with Gasteiger partial charge in [0.25, 0.3) is 23.6 Å².